The summed E-state index contributed by atoms with van der Waals surface area (Å²) >= 11 is 6.42. The zero-order valence-corrected chi connectivity index (χ0v) is 15.2. The fourth-order valence-electron chi connectivity index (χ4n) is 2.94. The molecule has 24 heavy (non-hydrogen) atoms. The molecule has 1 aliphatic carbocycles. The molecule has 0 bridgehead atoms. The highest BCUT2D eigenvalue weighted by Crippen LogP contribution is 2.31. The van der Waals surface area contributed by atoms with Gasteiger partial charge < -0.3 is 5.32 Å². The van der Waals surface area contributed by atoms with Crippen LogP contribution < -0.4 is 5.32 Å². The predicted molar refractivity (Wildman–Crippen MR) is 102 cm³/mol. The smallest absolute Gasteiger partial charge is 0.265 e. The van der Waals surface area contributed by atoms with Crippen LogP contribution in [0.4, 0.5) is 0 Å². The number of hydrogen-bond acceptors (Lipinski definition) is 4. The van der Waals surface area contributed by atoms with Crippen molar-refractivity contribution < 1.29 is 9.59 Å². The fourth-order valence-corrected chi connectivity index (χ4v) is 4.12. The predicted octanol–water partition coefficient (Wildman–Crippen LogP) is 3.58. The van der Waals surface area contributed by atoms with Crippen molar-refractivity contribution in [3.8, 4) is 0 Å². The monoisotopic (exact) mass is 360 g/mol. The maximum atomic E-state index is 12.3. The first-order valence-electron chi connectivity index (χ1n) is 8.17. The number of hydrogen-bond donors (Lipinski definition) is 1. The van der Waals surface area contributed by atoms with Gasteiger partial charge in [0.1, 0.15) is 4.32 Å². The molecule has 2 aliphatic rings. The van der Waals surface area contributed by atoms with Gasteiger partial charge in [-0.05, 0) is 36.6 Å². The fraction of sp³-hybridized carbons (Fsp3) is 0.389. The first kappa shape index (κ1) is 17.2. The molecule has 1 aromatic rings. The van der Waals surface area contributed by atoms with Gasteiger partial charge in [0.25, 0.3) is 11.8 Å². The number of amides is 2. The minimum atomic E-state index is -0.0795. The Morgan fingerprint density at radius 2 is 1.92 bits per heavy atom. The molecule has 1 aliphatic heterocycles. The van der Waals surface area contributed by atoms with Crippen LogP contribution in [0.2, 0.25) is 0 Å². The lowest BCUT2D eigenvalue weighted by atomic mass is 9.95. The summed E-state index contributed by atoms with van der Waals surface area (Å²) in [6.07, 6.45) is 7.61. The molecule has 0 radical (unpaired) electrons. The van der Waals surface area contributed by atoms with E-state index in [1.165, 1.54) is 35.9 Å². The maximum absolute atomic E-state index is 12.3. The van der Waals surface area contributed by atoms with Gasteiger partial charge in [0.05, 0.1) is 4.91 Å². The molecular formula is C18H20N2O2S2. The number of thiocarbonyl (C=S) groups is 1. The number of nitrogens with zero attached hydrogens (tertiary/aromatic N) is 1. The Kier molecular flexibility index (Phi) is 5.36. The maximum Gasteiger partial charge on any atom is 0.265 e. The molecule has 3 rings (SSSR count). The molecule has 0 unspecified atom stereocenters. The van der Waals surface area contributed by atoms with Crippen LogP contribution in [0, 0.1) is 0 Å². The van der Waals surface area contributed by atoms with E-state index in [0.29, 0.717) is 20.8 Å². The van der Waals surface area contributed by atoms with Gasteiger partial charge >= 0.3 is 0 Å². The van der Waals surface area contributed by atoms with Crippen molar-refractivity contribution in [1.82, 2.24) is 10.2 Å². The third-order valence-electron chi connectivity index (χ3n) is 4.40. The normalized spacial score (nSPS) is 20.7. The molecule has 6 heteroatoms. The molecule has 0 spiro atoms. The standard InChI is InChI=1S/C18H20N2O2S2/c1-20-17(22)15(24-18(20)23)11-12-7-9-13(10-8-12)16(21)19-14-5-3-2-4-6-14/h7-11,14H,2-6H2,1H3,(H,19,21). The Hall–Kier alpha value is -1.66. The second kappa shape index (κ2) is 7.49. The molecule has 1 saturated heterocycles. The molecule has 2 fully saturated rings. The Labute approximate surface area is 151 Å². The number of thioether (sulfide) groups is 1. The number of benzene rings is 1. The van der Waals surface area contributed by atoms with Crippen molar-refractivity contribution in [3.63, 3.8) is 0 Å². The van der Waals surface area contributed by atoms with E-state index in [0.717, 1.165) is 18.4 Å². The summed E-state index contributed by atoms with van der Waals surface area (Å²) in [6.45, 7) is 0. The molecule has 1 heterocycles. The van der Waals surface area contributed by atoms with E-state index in [-0.39, 0.29) is 11.8 Å². The van der Waals surface area contributed by atoms with E-state index in [4.69, 9.17) is 12.2 Å². The van der Waals surface area contributed by atoms with Crippen LogP contribution in [0.3, 0.4) is 0 Å². The highest BCUT2D eigenvalue weighted by molar-refractivity contribution is 8.26. The van der Waals surface area contributed by atoms with E-state index in [1.54, 1.807) is 19.2 Å². The van der Waals surface area contributed by atoms with Gasteiger partial charge in [0.15, 0.2) is 0 Å². The third kappa shape index (κ3) is 3.87. The summed E-state index contributed by atoms with van der Waals surface area (Å²) in [7, 11) is 1.68. The van der Waals surface area contributed by atoms with Gasteiger partial charge in [-0.2, -0.15) is 0 Å². The second-order valence-corrected chi connectivity index (χ2v) is 7.85. The molecular weight excluding hydrogens is 340 g/mol. The zero-order chi connectivity index (χ0) is 17.1. The summed E-state index contributed by atoms with van der Waals surface area (Å²) in [5.41, 5.74) is 1.54. The van der Waals surface area contributed by atoms with Crippen LogP contribution >= 0.6 is 24.0 Å². The van der Waals surface area contributed by atoms with Crippen LogP contribution in [0.5, 0.6) is 0 Å². The van der Waals surface area contributed by atoms with Crippen LogP contribution in [0.1, 0.15) is 48.0 Å². The largest absolute Gasteiger partial charge is 0.349 e. The number of carbonyl (C=O) groups is 2. The van der Waals surface area contributed by atoms with E-state index in [2.05, 4.69) is 5.32 Å². The molecule has 126 valence electrons. The Morgan fingerprint density at radius 3 is 2.50 bits per heavy atom. The van der Waals surface area contributed by atoms with Gasteiger partial charge in [-0.3, -0.25) is 14.5 Å². The van der Waals surface area contributed by atoms with Crippen molar-refractivity contribution in [2.24, 2.45) is 0 Å². The summed E-state index contributed by atoms with van der Waals surface area (Å²) in [5.74, 6) is -0.0996. The average molecular weight is 361 g/mol. The highest BCUT2D eigenvalue weighted by Gasteiger charge is 2.28. The lowest BCUT2D eigenvalue weighted by molar-refractivity contribution is -0.121. The first-order valence-corrected chi connectivity index (χ1v) is 9.39. The SMILES string of the molecule is CN1C(=O)C(=Cc2ccc(C(=O)NC3CCCCC3)cc2)SC1=S. The molecule has 0 aromatic heterocycles. The van der Waals surface area contributed by atoms with Crippen molar-refractivity contribution >= 4 is 46.2 Å². The topological polar surface area (TPSA) is 49.4 Å². The van der Waals surface area contributed by atoms with Gasteiger partial charge in [-0.15, -0.1) is 0 Å². The van der Waals surface area contributed by atoms with Crippen LogP contribution in [0.15, 0.2) is 29.2 Å². The highest BCUT2D eigenvalue weighted by atomic mass is 32.2. The second-order valence-electron chi connectivity index (χ2n) is 6.17. The lowest BCUT2D eigenvalue weighted by Gasteiger charge is -2.22. The summed E-state index contributed by atoms with van der Waals surface area (Å²) in [6, 6.07) is 7.63. The van der Waals surface area contributed by atoms with E-state index < -0.39 is 0 Å². The molecule has 1 aromatic carbocycles. The Balaban J connectivity index is 1.66. The van der Waals surface area contributed by atoms with E-state index >= 15 is 0 Å². The third-order valence-corrected chi connectivity index (χ3v) is 5.88. The number of likely N-dealkylation sites (N-methyl/N-ethyl adjacent to an activating group) is 1. The lowest BCUT2D eigenvalue weighted by Crippen LogP contribution is -2.36. The van der Waals surface area contributed by atoms with Crippen LogP contribution in [-0.4, -0.2) is 34.1 Å². The first-order chi connectivity index (χ1) is 11.5. The van der Waals surface area contributed by atoms with Crippen LogP contribution in [-0.2, 0) is 4.79 Å². The van der Waals surface area contributed by atoms with Gasteiger partial charge in [-0.1, -0.05) is 55.4 Å². The quantitative estimate of drug-likeness (QED) is 0.661. The summed E-state index contributed by atoms with van der Waals surface area (Å²) < 4.78 is 0.565. The molecule has 1 N–H and O–H groups in total. The molecule has 4 nitrogen and oxygen atoms in total. The summed E-state index contributed by atoms with van der Waals surface area (Å²) in [5, 5.41) is 3.11. The number of nitrogens with one attached hydrogen (secondary N) is 1. The Morgan fingerprint density at radius 1 is 1.25 bits per heavy atom. The van der Waals surface area contributed by atoms with E-state index in [1.807, 2.05) is 18.2 Å². The van der Waals surface area contributed by atoms with Crippen molar-refractivity contribution in [2.75, 3.05) is 7.05 Å². The Bertz CT molecular complexity index is 691. The minimum Gasteiger partial charge on any atom is -0.349 e. The molecule has 0 atom stereocenters. The van der Waals surface area contributed by atoms with Crippen molar-refractivity contribution in [1.29, 1.82) is 0 Å². The summed E-state index contributed by atoms with van der Waals surface area (Å²) in [4.78, 5) is 26.4. The van der Waals surface area contributed by atoms with Crippen LogP contribution in [0.25, 0.3) is 6.08 Å². The van der Waals surface area contributed by atoms with E-state index in [9.17, 15) is 9.59 Å². The van der Waals surface area contributed by atoms with Crippen molar-refractivity contribution in [2.45, 2.75) is 38.1 Å². The van der Waals surface area contributed by atoms with Gasteiger partial charge in [-0.25, -0.2) is 0 Å². The molecule has 1 saturated carbocycles. The van der Waals surface area contributed by atoms with Crippen molar-refractivity contribution in [3.05, 3.63) is 40.3 Å². The average Bonchev–Trinajstić information content (AvgIpc) is 2.83. The number of rotatable bonds is 3. The zero-order valence-electron chi connectivity index (χ0n) is 13.6. The van der Waals surface area contributed by atoms with Gasteiger partial charge in [0.2, 0.25) is 0 Å². The molecule has 2 amide bonds. The minimum absolute atomic E-state index is 0.0201. The number of carbonyl (C=O) groups excluding carboxylic acids is 2. The van der Waals surface area contributed by atoms with Gasteiger partial charge in [0, 0.05) is 18.7 Å².